The van der Waals surface area contributed by atoms with Crippen molar-refractivity contribution in [3.63, 3.8) is 0 Å². The van der Waals surface area contributed by atoms with Crippen molar-refractivity contribution >= 4 is 34.2 Å². The fourth-order valence-corrected chi connectivity index (χ4v) is 18.7. The summed E-state index contributed by atoms with van der Waals surface area (Å²) in [5.74, 6) is 0.314. The summed E-state index contributed by atoms with van der Waals surface area (Å²) in [5, 5.41) is 23.0. The number of carboxylic acid groups (broad SMARTS) is 1. The molecule has 0 aliphatic carbocycles. The van der Waals surface area contributed by atoms with E-state index in [2.05, 4.69) is 65.4 Å². The Morgan fingerprint density at radius 3 is 2.21 bits per heavy atom. The highest BCUT2D eigenvalue weighted by molar-refractivity contribution is 6.84. The lowest BCUT2D eigenvalue weighted by molar-refractivity contribution is -0.00698. The lowest BCUT2D eigenvalue weighted by Crippen LogP contribution is -2.66. The van der Waals surface area contributed by atoms with Crippen molar-refractivity contribution in [2.45, 2.75) is 115 Å². The Balaban J connectivity index is 1.62. The third-order valence-corrected chi connectivity index (χ3v) is 20.0. The van der Waals surface area contributed by atoms with Gasteiger partial charge in [0, 0.05) is 11.8 Å². The van der Waals surface area contributed by atoms with Gasteiger partial charge >= 0.3 is 23.2 Å². The molecule has 4 unspecified atom stereocenters. The molecule has 12 nitrogen and oxygen atoms in total. The van der Waals surface area contributed by atoms with Crippen molar-refractivity contribution in [3.05, 3.63) is 54.0 Å². The Morgan fingerprint density at radius 2 is 1.64 bits per heavy atom. The van der Waals surface area contributed by atoms with Crippen LogP contribution in [0.5, 0.6) is 5.88 Å². The van der Waals surface area contributed by atoms with Crippen molar-refractivity contribution in [2.75, 3.05) is 13.7 Å². The van der Waals surface area contributed by atoms with E-state index in [1.165, 1.54) is 18.3 Å². The number of benzene rings is 1. The molecule has 4 atom stereocenters. The zero-order valence-electron chi connectivity index (χ0n) is 28.9. The van der Waals surface area contributed by atoms with Crippen LogP contribution in [0.3, 0.4) is 0 Å². The SMILES string of the molecule is COc1ncnc2c(C3C(O)C4O[Si](C(C)C)(C(C)C)O[Si](C(C)C)(C(C)C)OCC4N3C(=O)O)cn(COCc3ccccc3)c12. The summed E-state index contributed by atoms with van der Waals surface area (Å²) in [6.45, 7) is 17.4. The molecule has 0 radical (unpaired) electrons. The number of fused-ring (bicyclic) bond motifs is 2. The van der Waals surface area contributed by atoms with E-state index >= 15 is 0 Å². The Bertz CT molecular complexity index is 1520. The minimum Gasteiger partial charge on any atom is -0.479 e. The van der Waals surface area contributed by atoms with E-state index in [1.807, 2.05) is 30.3 Å². The van der Waals surface area contributed by atoms with Crippen LogP contribution in [0, 0.1) is 0 Å². The highest BCUT2D eigenvalue weighted by Gasteiger charge is 2.63. The number of aromatic nitrogens is 3. The van der Waals surface area contributed by atoms with Gasteiger partial charge in [-0.1, -0.05) is 85.7 Å². The molecule has 1 aromatic carbocycles. The Labute approximate surface area is 279 Å². The molecule has 2 saturated heterocycles. The van der Waals surface area contributed by atoms with Crippen LogP contribution in [0.15, 0.2) is 42.9 Å². The van der Waals surface area contributed by atoms with E-state index in [4.69, 9.17) is 22.4 Å². The maximum atomic E-state index is 13.2. The number of carbonyl (C=O) groups is 1. The molecular formula is C33H50N4O8Si2. The fourth-order valence-electron chi connectivity index (χ4n) is 7.43. The second-order valence-electron chi connectivity index (χ2n) is 13.8. The average molecular weight is 687 g/mol. The quantitative estimate of drug-likeness (QED) is 0.233. The van der Waals surface area contributed by atoms with Crippen molar-refractivity contribution in [2.24, 2.45) is 0 Å². The van der Waals surface area contributed by atoms with Crippen LogP contribution < -0.4 is 4.74 Å². The summed E-state index contributed by atoms with van der Waals surface area (Å²) in [5.41, 5.74) is 2.73. The van der Waals surface area contributed by atoms with Gasteiger partial charge in [-0.05, 0) is 27.7 Å². The number of nitrogens with zero attached hydrogens (tertiary/aromatic N) is 4. The summed E-state index contributed by atoms with van der Waals surface area (Å²) < 4.78 is 34.8. The molecule has 2 N–H and O–H groups in total. The molecule has 2 aliphatic rings. The second kappa shape index (κ2) is 13.9. The van der Waals surface area contributed by atoms with Gasteiger partial charge in [-0.3, -0.25) is 4.90 Å². The van der Waals surface area contributed by atoms with Crippen molar-refractivity contribution in [1.29, 1.82) is 0 Å². The lowest BCUT2D eigenvalue weighted by Gasteiger charge is -2.51. The van der Waals surface area contributed by atoms with Gasteiger partial charge in [0.1, 0.15) is 30.2 Å². The van der Waals surface area contributed by atoms with E-state index < -0.39 is 47.5 Å². The zero-order chi connectivity index (χ0) is 34.3. The first-order valence-corrected chi connectivity index (χ1v) is 20.4. The Kier molecular flexibility index (Phi) is 10.5. The van der Waals surface area contributed by atoms with E-state index in [0.29, 0.717) is 29.1 Å². The van der Waals surface area contributed by atoms with Crippen LogP contribution in [0.2, 0.25) is 22.2 Å². The molecule has 2 aromatic heterocycles. The number of likely N-dealkylation sites (tertiary alicyclic amines) is 1. The molecule has 47 heavy (non-hydrogen) atoms. The lowest BCUT2D eigenvalue weighted by atomic mass is 10.0. The minimum atomic E-state index is -3.13. The molecule has 1 amide bonds. The molecule has 4 heterocycles. The maximum absolute atomic E-state index is 13.2. The predicted molar refractivity (Wildman–Crippen MR) is 182 cm³/mol. The summed E-state index contributed by atoms with van der Waals surface area (Å²) in [4.78, 5) is 23.4. The number of amides is 1. The number of methoxy groups -OCH3 is 1. The zero-order valence-corrected chi connectivity index (χ0v) is 30.9. The van der Waals surface area contributed by atoms with Crippen LogP contribution >= 0.6 is 0 Å². The van der Waals surface area contributed by atoms with E-state index in [-0.39, 0.29) is 35.5 Å². The molecule has 0 saturated carbocycles. The van der Waals surface area contributed by atoms with Gasteiger partial charge in [0.2, 0.25) is 5.88 Å². The van der Waals surface area contributed by atoms with E-state index in [9.17, 15) is 15.0 Å². The third-order valence-electron chi connectivity index (χ3n) is 9.75. The van der Waals surface area contributed by atoms with Gasteiger partial charge in [0.05, 0.1) is 38.5 Å². The van der Waals surface area contributed by atoms with Crippen molar-refractivity contribution in [3.8, 4) is 5.88 Å². The van der Waals surface area contributed by atoms with E-state index in [1.54, 1.807) is 10.8 Å². The number of hydrogen-bond donors (Lipinski definition) is 2. The average Bonchev–Trinajstić information content (AvgIpc) is 3.51. The summed E-state index contributed by atoms with van der Waals surface area (Å²) in [7, 11) is -4.56. The minimum absolute atomic E-state index is 0.0134. The first kappa shape index (κ1) is 35.5. The van der Waals surface area contributed by atoms with E-state index in [0.717, 1.165) is 5.56 Å². The molecule has 0 bridgehead atoms. The molecule has 2 fully saturated rings. The molecule has 0 spiro atoms. The summed E-state index contributed by atoms with van der Waals surface area (Å²) in [6, 6.07) is 8.02. The Hall–Kier alpha value is -2.86. The number of aliphatic hydroxyl groups excluding tert-OH is 1. The molecule has 3 aromatic rings. The molecular weight excluding hydrogens is 637 g/mol. The van der Waals surface area contributed by atoms with Gasteiger partial charge in [0.25, 0.3) is 0 Å². The van der Waals surface area contributed by atoms with Crippen LogP contribution in [0.4, 0.5) is 4.79 Å². The molecule has 14 heteroatoms. The molecule has 258 valence electrons. The second-order valence-corrected chi connectivity index (χ2v) is 22.7. The van der Waals surface area contributed by atoms with Crippen LogP contribution in [-0.4, -0.2) is 84.8 Å². The monoisotopic (exact) mass is 686 g/mol. The standard InChI is InChI=1S/C33H50N4O8Si2/c1-20(2)46(21(3)4)43-17-26-31(44-47(45-46,22(5)6)23(7)8)30(38)28(37(26)33(39)40)25-15-36(19-42-16-24-13-11-10-12-14-24)29-27(25)34-18-35-32(29)41-9/h10-15,18,20-23,26,28,30-31,38H,16-17,19H2,1-9H3,(H,39,40). The topological polar surface area (TPSA) is 138 Å². The third kappa shape index (κ3) is 6.24. The fraction of sp³-hybridized carbons (Fsp3) is 0.606. The van der Waals surface area contributed by atoms with Crippen molar-refractivity contribution < 1.29 is 37.4 Å². The maximum Gasteiger partial charge on any atom is 0.408 e. The number of aliphatic hydroxyl groups is 1. The highest BCUT2D eigenvalue weighted by Crippen LogP contribution is 2.50. The number of hydrogen-bond acceptors (Lipinski definition) is 9. The first-order valence-electron chi connectivity index (χ1n) is 16.5. The molecule has 2 aliphatic heterocycles. The van der Waals surface area contributed by atoms with Crippen LogP contribution in [-0.2, 0) is 31.0 Å². The van der Waals surface area contributed by atoms with Gasteiger partial charge in [0.15, 0.2) is 0 Å². The largest absolute Gasteiger partial charge is 0.479 e. The summed E-state index contributed by atoms with van der Waals surface area (Å²) in [6.07, 6.45) is -0.131. The van der Waals surface area contributed by atoms with Crippen molar-refractivity contribution in [1.82, 2.24) is 19.4 Å². The summed E-state index contributed by atoms with van der Waals surface area (Å²) >= 11 is 0. The van der Waals surface area contributed by atoms with Gasteiger partial charge in [-0.25, -0.2) is 9.78 Å². The van der Waals surface area contributed by atoms with Gasteiger partial charge in [-0.2, -0.15) is 4.98 Å². The predicted octanol–water partition coefficient (Wildman–Crippen LogP) is 6.33. The first-order chi connectivity index (χ1) is 22.3. The Morgan fingerprint density at radius 1 is 1.00 bits per heavy atom. The normalized spacial score (nSPS) is 24.3. The van der Waals surface area contributed by atoms with Crippen LogP contribution in [0.1, 0.15) is 72.6 Å². The van der Waals surface area contributed by atoms with Crippen LogP contribution in [0.25, 0.3) is 11.0 Å². The molecule has 5 rings (SSSR count). The number of rotatable bonds is 10. The van der Waals surface area contributed by atoms with Gasteiger partial charge in [-0.15, -0.1) is 0 Å². The smallest absolute Gasteiger partial charge is 0.408 e. The highest BCUT2D eigenvalue weighted by atomic mass is 28.5. The number of ether oxygens (including phenoxy) is 2. The van der Waals surface area contributed by atoms with Gasteiger partial charge < -0.3 is 37.2 Å².